The van der Waals surface area contributed by atoms with Crippen molar-refractivity contribution in [3.05, 3.63) is 0 Å². The number of alkyl halides is 4. The predicted octanol–water partition coefficient (Wildman–Crippen LogP) is 2.09. The van der Waals surface area contributed by atoms with Crippen LogP contribution in [0, 0.1) is 0 Å². The molecule has 4 heteroatoms. The highest BCUT2D eigenvalue weighted by molar-refractivity contribution is 4.99. The van der Waals surface area contributed by atoms with Gasteiger partial charge in [0.2, 0.25) is 5.67 Å². The molecule has 0 aromatic rings. The van der Waals surface area contributed by atoms with E-state index in [1.807, 2.05) is 0 Å². The Morgan fingerprint density at radius 2 is 2.00 bits per heavy atom. The molecule has 1 rings (SSSR count). The lowest BCUT2D eigenvalue weighted by Crippen LogP contribution is -2.50. The molecule has 0 nitrogen and oxygen atoms in total. The summed E-state index contributed by atoms with van der Waals surface area (Å²) in [5.74, 6) is 0. The molecule has 0 heterocycles. The summed E-state index contributed by atoms with van der Waals surface area (Å²) in [6, 6.07) is 0. The predicted molar refractivity (Wildman–Crippen MR) is 24.0 cm³/mol. The molecule has 2 unspecified atom stereocenters. The summed E-state index contributed by atoms with van der Waals surface area (Å²) in [4.78, 5) is 0. The lowest BCUT2D eigenvalue weighted by molar-refractivity contribution is -0.138. The first-order chi connectivity index (χ1) is 4.07. The molecule has 1 aliphatic carbocycles. The standard InChI is InChI=1S/C5H6F4/c6-3-1-2-5(3,9)4(7)8/h3-4H,1-2H2. The van der Waals surface area contributed by atoms with E-state index in [1.165, 1.54) is 0 Å². The van der Waals surface area contributed by atoms with E-state index in [0.29, 0.717) is 0 Å². The van der Waals surface area contributed by atoms with Crippen LogP contribution in [0.3, 0.4) is 0 Å². The Labute approximate surface area is 49.9 Å². The normalized spacial score (nSPS) is 43.0. The highest BCUT2D eigenvalue weighted by atomic mass is 19.3. The molecule has 0 radical (unpaired) electrons. The number of rotatable bonds is 1. The Morgan fingerprint density at radius 1 is 1.44 bits per heavy atom. The van der Waals surface area contributed by atoms with Gasteiger partial charge in [0.1, 0.15) is 6.17 Å². The fourth-order valence-corrected chi connectivity index (χ4v) is 0.775. The SMILES string of the molecule is FC(F)C1(F)CCC1F. The van der Waals surface area contributed by atoms with E-state index in [-0.39, 0.29) is 12.8 Å². The molecular formula is C5H6F4. The first-order valence-electron chi connectivity index (χ1n) is 2.68. The van der Waals surface area contributed by atoms with Crippen molar-refractivity contribution in [2.45, 2.75) is 31.1 Å². The van der Waals surface area contributed by atoms with Gasteiger partial charge in [-0.25, -0.2) is 17.6 Å². The minimum Gasteiger partial charge on any atom is -0.244 e. The number of halogens is 4. The minimum atomic E-state index is -3.17. The lowest BCUT2D eigenvalue weighted by atomic mass is 9.80. The first kappa shape index (κ1) is 6.83. The maximum atomic E-state index is 12.3. The maximum absolute atomic E-state index is 12.3. The molecule has 54 valence electrons. The minimum absolute atomic E-state index is 0.0686. The fourth-order valence-electron chi connectivity index (χ4n) is 0.775. The van der Waals surface area contributed by atoms with Crippen LogP contribution in [0.4, 0.5) is 17.6 Å². The molecule has 0 aliphatic heterocycles. The van der Waals surface area contributed by atoms with E-state index in [4.69, 9.17) is 0 Å². The third-order valence-corrected chi connectivity index (χ3v) is 1.66. The first-order valence-corrected chi connectivity index (χ1v) is 2.68. The van der Waals surface area contributed by atoms with Gasteiger partial charge in [0, 0.05) is 0 Å². The molecule has 0 spiro atoms. The van der Waals surface area contributed by atoms with Gasteiger partial charge in [0.15, 0.2) is 0 Å². The molecule has 1 saturated carbocycles. The number of hydrogen-bond acceptors (Lipinski definition) is 0. The summed E-state index contributed by atoms with van der Waals surface area (Å²) in [5.41, 5.74) is -2.82. The third kappa shape index (κ3) is 0.804. The quantitative estimate of drug-likeness (QED) is 0.492. The van der Waals surface area contributed by atoms with Crippen LogP contribution in [0.25, 0.3) is 0 Å². The molecule has 2 atom stereocenters. The summed E-state index contributed by atoms with van der Waals surface area (Å²) in [6.45, 7) is 0. The third-order valence-electron chi connectivity index (χ3n) is 1.66. The average Bonchev–Trinajstić information content (AvgIpc) is 1.82. The van der Waals surface area contributed by atoms with Crippen molar-refractivity contribution >= 4 is 0 Å². The summed E-state index contributed by atoms with van der Waals surface area (Å²) in [7, 11) is 0. The van der Waals surface area contributed by atoms with E-state index in [2.05, 4.69) is 0 Å². The van der Waals surface area contributed by atoms with Crippen molar-refractivity contribution in [1.82, 2.24) is 0 Å². The monoisotopic (exact) mass is 142 g/mol. The van der Waals surface area contributed by atoms with Crippen LogP contribution < -0.4 is 0 Å². The van der Waals surface area contributed by atoms with Crippen LogP contribution in [0.1, 0.15) is 12.8 Å². The Hall–Kier alpha value is -0.280. The number of hydrogen-bond donors (Lipinski definition) is 0. The van der Waals surface area contributed by atoms with Gasteiger partial charge in [-0.3, -0.25) is 0 Å². The zero-order valence-corrected chi connectivity index (χ0v) is 4.58. The largest absolute Gasteiger partial charge is 0.274 e. The van der Waals surface area contributed by atoms with Crippen LogP contribution in [0.2, 0.25) is 0 Å². The van der Waals surface area contributed by atoms with Crippen molar-refractivity contribution in [3.63, 3.8) is 0 Å². The van der Waals surface area contributed by atoms with E-state index in [0.717, 1.165) is 0 Å². The topological polar surface area (TPSA) is 0 Å². The summed E-state index contributed by atoms with van der Waals surface area (Å²) < 4.78 is 47.3. The Morgan fingerprint density at radius 3 is 2.00 bits per heavy atom. The molecular weight excluding hydrogens is 136 g/mol. The summed E-state index contributed by atoms with van der Waals surface area (Å²) >= 11 is 0. The van der Waals surface area contributed by atoms with E-state index < -0.39 is 18.3 Å². The van der Waals surface area contributed by atoms with E-state index >= 15 is 0 Å². The Kier molecular flexibility index (Phi) is 1.41. The van der Waals surface area contributed by atoms with E-state index in [9.17, 15) is 17.6 Å². The second-order valence-corrected chi connectivity index (χ2v) is 2.23. The van der Waals surface area contributed by atoms with Gasteiger partial charge < -0.3 is 0 Å². The summed E-state index contributed by atoms with van der Waals surface area (Å²) in [6.07, 6.45) is -5.52. The lowest BCUT2D eigenvalue weighted by Gasteiger charge is -2.36. The second-order valence-electron chi connectivity index (χ2n) is 2.23. The fraction of sp³-hybridized carbons (Fsp3) is 1.00. The maximum Gasteiger partial charge on any atom is 0.274 e. The molecule has 0 amide bonds. The van der Waals surface area contributed by atoms with Gasteiger partial charge in [-0.1, -0.05) is 0 Å². The van der Waals surface area contributed by atoms with Crippen LogP contribution >= 0.6 is 0 Å². The van der Waals surface area contributed by atoms with Gasteiger partial charge in [0.25, 0.3) is 6.43 Å². The highest BCUT2D eigenvalue weighted by Crippen LogP contribution is 2.43. The van der Waals surface area contributed by atoms with Crippen molar-refractivity contribution in [1.29, 1.82) is 0 Å². The van der Waals surface area contributed by atoms with Crippen LogP contribution in [0.5, 0.6) is 0 Å². The zero-order valence-electron chi connectivity index (χ0n) is 4.58. The molecule has 0 bridgehead atoms. The van der Waals surface area contributed by atoms with E-state index in [1.54, 1.807) is 0 Å². The molecule has 1 fully saturated rings. The van der Waals surface area contributed by atoms with Crippen molar-refractivity contribution in [2.75, 3.05) is 0 Å². The van der Waals surface area contributed by atoms with Gasteiger partial charge >= 0.3 is 0 Å². The van der Waals surface area contributed by atoms with Crippen LogP contribution in [0.15, 0.2) is 0 Å². The van der Waals surface area contributed by atoms with Gasteiger partial charge in [-0.15, -0.1) is 0 Å². The van der Waals surface area contributed by atoms with Crippen LogP contribution in [-0.4, -0.2) is 18.3 Å². The summed E-state index contributed by atoms with van der Waals surface area (Å²) in [5, 5.41) is 0. The second kappa shape index (κ2) is 1.85. The average molecular weight is 142 g/mol. The van der Waals surface area contributed by atoms with Gasteiger partial charge in [-0.05, 0) is 12.8 Å². The van der Waals surface area contributed by atoms with Crippen molar-refractivity contribution in [3.8, 4) is 0 Å². The Balaban J connectivity index is 2.53. The smallest absolute Gasteiger partial charge is 0.244 e. The van der Waals surface area contributed by atoms with Gasteiger partial charge in [0.05, 0.1) is 0 Å². The molecule has 0 aromatic carbocycles. The molecule has 0 aromatic heterocycles. The highest BCUT2D eigenvalue weighted by Gasteiger charge is 2.55. The molecule has 1 aliphatic rings. The zero-order chi connectivity index (χ0) is 7.07. The van der Waals surface area contributed by atoms with Crippen LogP contribution in [-0.2, 0) is 0 Å². The van der Waals surface area contributed by atoms with Crippen molar-refractivity contribution < 1.29 is 17.6 Å². The molecule has 9 heavy (non-hydrogen) atoms. The van der Waals surface area contributed by atoms with Gasteiger partial charge in [-0.2, -0.15) is 0 Å². The van der Waals surface area contributed by atoms with Crippen molar-refractivity contribution in [2.24, 2.45) is 0 Å². The molecule has 0 saturated heterocycles. The Bertz CT molecular complexity index is 107. The molecule has 0 N–H and O–H groups in total.